The molecule has 2 heterocycles. The molecule has 3 nitrogen and oxygen atoms in total. The summed E-state index contributed by atoms with van der Waals surface area (Å²) in [5.74, 6) is 2.66. The fourth-order valence-corrected chi connectivity index (χ4v) is 7.49. The lowest BCUT2D eigenvalue weighted by Crippen LogP contribution is -2.49. The van der Waals surface area contributed by atoms with Gasteiger partial charge in [0, 0.05) is 16.5 Å². The predicted octanol–water partition coefficient (Wildman–Crippen LogP) is 5.15. The second-order valence-electron chi connectivity index (χ2n) is 8.83. The maximum absolute atomic E-state index is 13.6. The van der Waals surface area contributed by atoms with E-state index in [1.54, 1.807) is 0 Å². The molecule has 0 radical (unpaired) electrons. The Hall–Kier alpha value is -1.42. The molecule has 132 valence electrons. The first-order chi connectivity index (χ1) is 12.0. The van der Waals surface area contributed by atoms with Crippen LogP contribution >= 0.6 is 11.3 Å². The minimum Gasteiger partial charge on any atom is -0.397 e. The van der Waals surface area contributed by atoms with Gasteiger partial charge in [-0.1, -0.05) is 6.92 Å². The fraction of sp³-hybridized carbons (Fsp3) is 0.619. The van der Waals surface area contributed by atoms with Crippen LogP contribution in [0.3, 0.4) is 0 Å². The van der Waals surface area contributed by atoms with E-state index in [4.69, 9.17) is 10.7 Å². The molecule has 0 spiro atoms. The number of rotatable bonds is 3. The Morgan fingerprint density at radius 3 is 2.40 bits per heavy atom. The van der Waals surface area contributed by atoms with Crippen LogP contribution in [0.4, 0.5) is 5.69 Å². The van der Waals surface area contributed by atoms with E-state index < -0.39 is 0 Å². The zero-order valence-corrected chi connectivity index (χ0v) is 15.9. The van der Waals surface area contributed by atoms with Crippen LogP contribution in [0.15, 0.2) is 6.07 Å². The SMILES string of the molecule is CCc1nc2sc(C(=O)C34CC5CC(CC(C5)C3)C4)c(N)c2cc1C. The highest BCUT2D eigenvalue weighted by atomic mass is 32.1. The molecule has 0 aromatic carbocycles. The number of aromatic nitrogens is 1. The minimum atomic E-state index is -0.119. The Bertz CT molecular complexity index is 846. The minimum absolute atomic E-state index is 0.119. The average molecular weight is 355 g/mol. The zero-order chi connectivity index (χ0) is 17.3. The fourth-order valence-electron chi connectivity index (χ4n) is 6.33. The molecule has 0 saturated heterocycles. The smallest absolute Gasteiger partial charge is 0.181 e. The molecule has 2 aromatic rings. The lowest BCUT2D eigenvalue weighted by atomic mass is 9.48. The monoisotopic (exact) mass is 354 g/mol. The Balaban J connectivity index is 1.59. The van der Waals surface area contributed by atoms with Crippen LogP contribution in [0, 0.1) is 30.1 Å². The summed E-state index contributed by atoms with van der Waals surface area (Å²) in [5, 5.41) is 0.979. The lowest BCUT2D eigenvalue weighted by Gasteiger charge is -2.55. The van der Waals surface area contributed by atoms with Gasteiger partial charge in [0.05, 0.1) is 10.6 Å². The van der Waals surface area contributed by atoms with Crippen LogP contribution in [0.25, 0.3) is 10.2 Å². The summed E-state index contributed by atoms with van der Waals surface area (Å²) in [6.45, 7) is 4.21. The summed E-state index contributed by atoms with van der Waals surface area (Å²) >= 11 is 1.53. The van der Waals surface area contributed by atoms with Gasteiger partial charge in [-0.25, -0.2) is 4.98 Å². The maximum atomic E-state index is 13.6. The van der Waals surface area contributed by atoms with E-state index >= 15 is 0 Å². The molecule has 4 aliphatic rings. The number of fused-ring (bicyclic) bond motifs is 1. The largest absolute Gasteiger partial charge is 0.397 e. The average Bonchev–Trinajstić information content (AvgIpc) is 2.88. The highest BCUT2D eigenvalue weighted by Gasteiger charge is 2.55. The third kappa shape index (κ3) is 2.22. The van der Waals surface area contributed by atoms with Crippen LogP contribution in [-0.4, -0.2) is 10.8 Å². The molecule has 4 heteroatoms. The first-order valence-corrected chi connectivity index (χ1v) is 10.5. The Morgan fingerprint density at radius 2 is 1.84 bits per heavy atom. The van der Waals surface area contributed by atoms with Crippen molar-refractivity contribution in [3.63, 3.8) is 0 Å². The van der Waals surface area contributed by atoms with Crippen LogP contribution in [-0.2, 0) is 6.42 Å². The van der Waals surface area contributed by atoms with Crippen LogP contribution in [0.2, 0.25) is 0 Å². The number of anilines is 1. The van der Waals surface area contributed by atoms with Crippen molar-refractivity contribution in [3.8, 4) is 0 Å². The number of nitrogens with two attached hydrogens (primary N) is 1. The van der Waals surface area contributed by atoms with Gasteiger partial charge < -0.3 is 5.73 Å². The van der Waals surface area contributed by atoms with Gasteiger partial charge in [0.2, 0.25) is 0 Å². The maximum Gasteiger partial charge on any atom is 0.181 e. The predicted molar refractivity (Wildman–Crippen MR) is 103 cm³/mol. The molecule has 25 heavy (non-hydrogen) atoms. The molecule has 4 saturated carbocycles. The molecule has 4 aliphatic carbocycles. The zero-order valence-electron chi connectivity index (χ0n) is 15.1. The highest BCUT2D eigenvalue weighted by Crippen LogP contribution is 2.61. The standard InChI is InChI=1S/C21H26N2OS/c1-3-16-11(2)4-15-17(22)18(25-20(15)23-16)19(24)21-8-12-5-13(9-21)7-14(6-12)10-21/h4,12-14H,3,5-10,22H2,1-2H3. The molecule has 6 rings (SSSR count). The van der Waals surface area contributed by atoms with E-state index in [1.807, 2.05) is 0 Å². The number of pyridine rings is 1. The third-order valence-corrected chi connectivity index (χ3v) is 8.19. The number of hydrogen-bond acceptors (Lipinski definition) is 4. The number of nitrogen functional groups attached to an aromatic ring is 1. The van der Waals surface area contributed by atoms with Crippen LogP contribution in [0.1, 0.15) is 66.4 Å². The summed E-state index contributed by atoms with van der Waals surface area (Å²) < 4.78 is 0. The Labute approximate surface area is 153 Å². The van der Waals surface area contributed by atoms with Crippen molar-refractivity contribution in [1.82, 2.24) is 4.98 Å². The van der Waals surface area contributed by atoms with Crippen molar-refractivity contribution in [2.75, 3.05) is 5.73 Å². The van der Waals surface area contributed by atoms with Crippen LogP contribution < -0.4 is 5.73 Å². The number of thiophene rings is 1. The summed E-state index contributed by atoms with van der Waals surface area (Å²) in [4.78, 5) is 20.1. The quantitative estimate of drug-likeness (QED) is 0.776. The van der Waals surface area contributed by atoms with E-state index in [0.717, 1.165) is 64.2 Å². The molecular weight excluding hydrogens is 328 g/mol. The van der Waals surface area contributed by atoms with Gasteiger partial charge >= 0.3 is 0 Å². The second-order valence-corrected chi connectivity index (χ2v) is 9.83. The number of carbonyl (C=O) groups is 1. The number of ketones is 1. The normalized spacial score (nSPS) is 33.3. The first-order valence-electron chi connectivity index (χ1n) is 9.72. The molecular formula is C21H26N2OS. The lowest BCUT2D eigenvalue weighted by molar-refractivity contribution is -0.0350. The number of nitrogens with zero attached hydrogens (tertiary/aromatic N) is 1. The molecule has 0 atom stereocenters. The second kappa shape index (κ2) is 5.29. The Morgan fingerprint density at radius 1 is 1.24 bits per heavy atom. The number of aryl methyl sites for hydroxylation is 2. The molecule has 2 N–H and O–H groups in total. The third-order valence-electron chi connectivity index (χ3n) is 7.08. The van der Waals surface area contributed by atoms with Gasteiger partial charge in [0.1, 0.15) is 4.83 Å². The van der Waals surface area contributed by atoms with Crippen molar-refractivity contribution < 1.29 is 4.79 Å². The van der Waals surface area contributed by atoms with E-state index in [2.05, 4.69) is 19.9 Å². The van der Waals surface area contributed by atoms with Crippen molar-refractivity contribution in [2.45, 2.75) is 58.8 Å². The first kappa shape index (κ1) is 15.8. The molecule has 0 unspecified atom stereocenters. The van der Waals surface area contributed by atoms with Crippen molar-refractivity contribution in [2.24, 2.45) is 23.2 Å². The Kier molecular flexibility index (Phi) is 3.35. The summed E-state index contributed by atoms with van der Waals surface area (Å²) in [7, 11) is 0. The van der Waals surface area contributed by atoms with Gasteiger partial charge in [-0.3, -0.25) is 4.79 Å². The highest BCUT2D eigenvalue weighted by molar-refractivity contribution is 7.21. The summed E-state index contributed by atoms with van der Waals surface area (Å²) in [6.07, 6.45) is 8.27. The number of Topliss-reactive ketones (excluding diaryl/α,β-unsaturated/α-hetero) is 1. The molecule has 4 fully saturated rings. The molecule has 4 bridgehead atoms. The van der Waals surface area contributed by atoms with Gasteiger partial charge in [0.25, 0.3) is 0 Å². The van der Waals surface area contributed by atoms with Gasteiger partial charge in [0.15, 0.2) is 5.78 Å². The summed E-state index contributed by atoms with van der Waals surface area (Å²) in [6, 6.07) is 2.13. The van der Waals surface area contributed by atoms with Crippen molar-refractivity contribution >= 4 is 33.0 Å². The van der Waals surface area contributed by atoms with Crippen LogP contribution in [0.5, 0.6) is 0 Å². The van der Waals surface area contributed by atoms with Gasteiger partial charge in [-0.05, 0) is 81.3 Å². The van der Waals surface area contributed by atoms with Gasteiger partial charge in [-0.15, -0.1) is 11.3 Å². The van der Waals surface area contributed by atoms with Gasteiger partial charge in [-0.2, -0.15) is 0 Å². The van der Waals surface area contributed by atoms with Crippen molar-refractivity contribution in [1.29, 1.82) is 0 Å². The molecule has 2 aromatic heterocycles. The van der Waals surface area contributed by atoms with E-state index in [-0.39, 0.29) is 5.41 Å². The van der Waals surface area contributed by atoms with E-state index in [1.165, 1.54) is 36.2 Å². The molecule has 0 amide bonds. The van der Waals surface area contributed by atoms with Crippen molar-refractivity contribution in [3.05, 3.63) is 22.2 Å². The number of hydrogen-bond donors (Lipinski definition) is 1. The van der Waals surface area contributed by atoms with E-state index in [0.29, 0.717) is 11.5 Å². The molecule has 0 aliphatic heterocycles. The number of carbonyl (C=O) groups excluding carboxylic acids is 1. The van der Waals surface area contributed by atoms with E-state index in [9.17, 15) is 4.79 Å². The topological polar surface area (TPSA) is 56.0 Å². The summed E-state index contributed by atoms with van der Waals surface area (Å²) in [5.41, 5.74) is 9.32.